The van der Waals surface area contributed by atoms with Crippen LogP contribution in [-0.4, -0.2) is 15.6 Å². The maximum absolute atomic E-state index is 12.4. The summed E-state index contributed by atoms with van der Waals surface area (Å²) in [5, 5.41) is 13.6. The van der Waals surface area contributed by atoms with Crippen molar-refractivity contribution in [3.8, 4) is 11.8 Å². The zero-order valence-electron chi connectivity index (χ0n) is 13.9. The molecule has 0 saturated carbocycles. The van der Waals surface area contributed by atoms with Crippen LogP contribution >= 0.6 is 0 Å². The standard InChI is InChI=1S/C19H21N3O/c1-19(2,3)18-17-15(5-4-6-16(17)23)22(21-18)14-9-7-13(8-10-14)11-12-20/h7-10H,4-6,11H2,1-3H3. The molecule has 1 aliphatic rings. The predicted molar refractivity (Wildman–Crippen MR) is 88.8 cm³/mol. The minimum absolute atomic E-state index is 0.164. The van der Waals surface area contributed by atoms with Crippen molar-refractivity contribution in [2.24, 2.45) is 0 Å². The van der Waals surface area contributed by atoms with E-state index in [0.29, 0.717) is 12.8 Å². The normalized spacial score (nSPS) is 14.4. The van der Waals surface area contributed by atoms with Gasteiger partial charge in [0.15, 0.2) is 5.78 Å². The lowest BCUT2D eigenvalue weighted by Crippen LogP contribution is -2.19. The van der Waals surface area contributed by atoms with Crippen LogP contribution in [0.4, 0.5) is 0 Å². The smallest absolute Gasteiger partial charge is 0.166 e. The van der Waals surface area contributed by atoms with Crippen LogP contribution < -0.4 is 0 Å². The monoisotopic (exact) mass is 307 g/mol. The Kier molecular flexibility index (Phi) is 3.81. The van der Waals surface area contributed by atoms with Gasteiger partial charge in [-0.25, -0.2) is 4.68 Å². The van der Waals surface area contributed by atoms with Crippen molar-refractivity contribution in [2.75, 3.05) is 0 Å². The Morgan fingerprint density at radius 3 is 2.52 bits per heavy atom. The molecule has 0 bridgehead atoms. The molecule has 3 rings (SSSR count). The summed E-state index contributed by atoms with van der Waals surface area (Å²) < 4.78 is 1.92. The molecule has 0 aliphatic heterocycles. The Morgan fingerprint density at radius 2 is 1.91 bits per heavy atom. The summed E-state index contributed by atoms with van der Waals surface area (Å²) in [5.41, 5.74) is 4.52. The van der Waals surface area contributed by atoms with Crippen LogP contribution in [0.1, 0.15) is 60.9 Å². The molecule has 1 aromatic carbocycles. The Bertz CT molecular complexity index is 786. The van der Waals surface area contributed by atoms with Gasteiger partial charge < -0.3 is 0 Å². The SMILES string of the molecule is CC(C)(C)c1nn(-c2ccc(CC#N)cc2)c2c1C(=O)CCC2. The van der Waals surface area contributed by atoms with Crippen molar-refractivity contribution in [3.63, 3.8) is 0 Å². The third-order valence-corrected chi connectivity index (χ3v) is 4.25. The van der Waals surface area contributed by atoms with E-state index in [1.54, 1.807) is 0 Å². The summed E-state index contributed by atoms with van der Waals surface area (Å²) in [4.78, 5) is 12.4. The molecule has 0 unspecified atom stereocenters. The average Bonchev–Trinajstić information content (AvgIpc) is 2.90. The van der Waals surface area contributed by atoms with E-state index < -0.39 is 0 Å². The van der Waals surface area contributed by atoms with Gasteiger partial charge in [0.1, 0.15) is 0 Å². The van der Waals surface area contributed by atoms with Gasteiger partial charge in [-0.05, 0) is 30.5 Å². The van der Waals surface area contributed by atoms with E-state index >= 15 is 0 Å². The number of Topliss-reactive ketones (excluding diaryl/α,β-unsaturated/α-hetero) is 1. The molecular weight excluding hydrogens is 286 g/mol. The number of hydrogen-bond donors (Lipinski definition) is 0. The summed E-state index contributed by atoms with van der Waals surface area (Å²) in [6.45, 7) is 6.29. The Hall–Kier alpha value is -2.41. The first kappa shape index (κ1) is 15.5. The topological polar surface area (TPSA) is 58.7 Å². The molecule has 4 heteroatoms. The number of hydrogen-bond acceptors (Lipinski definition) is 3. The van der Waals surface area contributed by atoms with Gasteiger partial charge in [-0.1, -0.05) is 32.9 Å². The van der Waals surface area contributed by atoms with Crippen LogP contribution in [0.5, 0.6) is 0 Å². The molecule has 0 radical (unpaired) electrons. The molecule has 0 fully saturated rings. The summed E-state index contributed by atoms with van der Waals surface area (Å²) in [6.07, 6.45) is 2.78. The largest absolute Gasteiger partial charge is 0.294 e. The summed E-state index contributed by atoms with van der Waals surface area (Å²) >= 11 is 0. The Labute approximate surface area is 136 Å². The summed E-state index contributed by atoms with van der Waals surface area (Å²) in [6, 6.07) is 10.0. The molecule has 0 spiro atoms. The summed E-state index contributed by atoms with van der Waals surface area (Å²) in [7, 11) is 0. The fourth-order valence-corrected chi connectivity index (χ4v) is 3.10. The van der Waals surface area contributed by atoms with Crippen LogP contribution in [0.15, 0.2) is 24.3 Å². The first-order chi connectivity index (χ1) is 10.9. The number of rotatable bonds is 2. The molecule has 118 valence electrons. The molecular formula is C19H21N3O. The maximum Gasteiger partial charge on any atom is 0.166 e. The molecule has 0 amide bonds. The van der Waals surface area contributed by atoms with E-state index in [1.165, 1.54) is 0 Å². The van der Waals surface area contributed by atoms with Gasteiger partial charge in [-0.15, -0.1) is 0 Å². The van der Waals surface area contributed by atoms with Crippen molar-refractivity contribution in [1.82, 2.24) is 9.78 Å². The molecule has 0 N–H and O–H groups in total. The number of carbonyl (C=O) groups is 1. The van der Waals surface area contributed by atoms with Crippen molar-refractivity contribution in [3.05, 3.63) is 46.8 Å². The predicted octanol–water partition coefficient (Wildman–Crippen LogP) is 3.75. The number of fused-ring (bicyclic) bond motifs is 1. The first-order valence-corrected chi connectivity index (χ1v) is 8.03. The number of nitrogens with zero attached hydrogens (tertiary/aromatic N) is 3. The molecule has 1 heterocycles. The molecule has 23 heavy (non-hydrogen) atoms. The fourth-order valence-electron chi connectivity index (χ4n) is 3.10. The second-order valence-electron chi connectivity index (χ2n) is 7.11. The molecule has 1 aliphatic carbocycles. The number of nitriles is 1. The number of ketones is 1. The molecule has 1 aromatic heterocycles. The fraction of sp³-hybridized carbons (Fsp3) is 0.421. The Balaban J connectivity index is 2.13. The van der Waals surface area contributed by atoms with Gasteiger partial charge in [-0.3, -0.25) is 4.79 Å². The van der Waals surface area contributed by atoms with Crippen LogP contribution in [0.2, 0.25) is 0 Å². The third kappa shape index (κ3) is 2.79. The first-order valence-electron chi connectivity index (χ1n) is 8.03. The van der Waals surface area contributed by atoms with E-state index in [9.17, 15) is 4.79 Å². The van der Waals surface area contributed by atoms with Crippen LogP contribution in [0.25, 0.3) is 5.69 Å². The second-order valence-corrected chi connectivity index (χ2v) is 7.11. The van der Waals surface area contributed by atoms with E-state index in [4.69, 9.17) is 10.4 Å². The number of aromatic nitrogens is 2. The Morgan fingerprint density at radius 1 is 1.22 bits per heavy atom. The van der Waals surface area contributed by atoms with E-state index in [1.807, 2.05) is 28.9 Å². The zero-order chi connectivity index (χ0) is 16.6. The zero-order valence-corrected chi connectivity index (χ0v) is 13.9. The quantitative estimate of drug-likeness (QED) is 0.849. The lowest BCUT2D eigenvalue weighted by molar-refractivity contribution is 0.0970. The molecule has 2 aromatic rings. The van der Waals surface area contributed by atoms with Crippen LogP contribution in [-0.2, 0) is 18.3 Å². The van der Waals surface area contributed by atoms with Crippen molar-refractivity contribution in [1.29, 1.82) is 5.26 Å². The van der Waals surface area contributed by atoms with Gasteiger partial charge >= 0.3 is 0 Å². The van der Waals surface area contributed by atoms with Crippen molar-refractivity contribution in [2.45, 2.75) is 51.9 Å². The lowest BCUT2D eigenvalue weighted by Gasteiger charge is -2.19. The van der Waals surface area contributed by atoms with Gasteiger partial charge in [0, 0.05) is 11.8 Å². The summed E-state index contributed by atoms with van der Waals surface area (Å²) in [5.74, 6) is 0.212. The highest BCUT2D eigenvalue weighted by Crippen LogP contribution is 2.33. The minimum atomic E-state index is -0.164. The van der Waals surface area contributed by atoms with Gasteiger partial charge in [0.05, 0.1) is 35.1 Å². The maximum atomic E-state index is 12.4. The average molecular weight is 307 g/mol. The third-order valence-electron chi connectivity index (χ3n) is 4.25. The second kappa shape index (κ2) is 5.66. The highest BCUT2D eigenvalue weighted by atomic mass is 16.1. The van der Waals surface area contributed by atoms with Gasteiger partial charge in [0.2, 0.25) is 0 Å². The minimum Gasteiger partial charge on any atom is -0.294 e. The molecule has 0 saturated heterocycles. The number of benzene rings is 1. The van der Waals surface area contributed by atoms with Crippen molar-refractivity contribution < 1.29 is 4.79 Å². The van der Waals surface area contributed by atoms with E-state index in [0.717, 1.165) is 41.0 Å². The van der Waals surface area contributed by atoms with Gasteiger partial charge in [0.25, 0.3) is 0 Å². The molecule has 0 atom stereocenters. The highest BCUT2D eigenvalue weighted by molar-refractivity contribution is 5.99. The number of carbonyl (C=O) groups excluding carboxylic acids is 1. The lowest BCUT2D eigenvalue weighted by atomic mass is 9.84. The van der Waals surface area contributed by atoms with E-state index in [-0.39, 0.29) is 11.2 Å². The van der Waals surface area contributed by atoms with Gasteiger partial charge in [-0.2, -0.15) is 10.4 Å². The highest BCUT2D eigenvalue weighted by Gasteiger charge is 2.32. The van der Waals surface area contributed by atoms with Crippen molar-refractivity contribution >= 4 is 5.78 Å². The van der Waals surface area contributed by atoms with Crippen LogP contribution in [0.3, 0.4) is 0 Å². The van der Waals surface area contributed by atoms with Crippen LogP contribution in [0, 0.1) is 11.3 Å². The van der Waals surface area contributed by atoms with E-state index in [2.05, 4.69) is 26.8 Å². The molecule has 4 nitrogen and oxygen atoms in total.